The number of carbonyl (C=O) groups is 1. The number of hydrogen-bond acceptors (Lipinski definition) is 4. The van der Waals surface area contributed by atoms with Crippen molar-refractivity contribution in [3.8, 4) is 0 Å². The molecule has 0 N–H and O–H groups in total. The number of rotatable bonds is 2. The van der Waals surface area contributed by atoms with Gasteiger partial charge in [-0.1, -0.05) is 0 Å². The lowest BCUT2D eigenvalue weighted by molar-refractivity contribution is 0.103. The molecule has 2 aromatic heterocycles. The lowest BCUT2D eigenvalue weighted by Gasteiger charge is -1.96. The zero-order valence-corrected chi connectivity index (χ0v) is 7.21. The maximum absolute atomic E-state index is 11.7. The van der Waals surface area contributed by atoms with Gasteiger partial charge in [-0.15, -0.1) is 0 Å². The summed E-state index contributed by atoms with van der Waals surface area (Å²) in [7, 11) is 0. The Labute approximate surface area is 80.7 Å². The average Bonchev–Trinajstić information content (AvgIpc) is 2.30. The summed E-state index contributed by atoms with van der Waals surface area (Å²) in [5.41, 5.74) is 0.699. The Kier molecular flexibility index (Phi) is 2.27. The quantitative estimate of drug-likeness (QED) is 0.651. The minimum atomic E-state index is -0.216. The van der Waals surface area contributed by atoms with Crippen LogP contribution >= 0.6 is 0 Å². The first-order chi connectivity index (χ1) is 6.88. The van der Waals surface area contributed by atoms with Gasteiger partial charge < -0.3 is 0 Å². The molecule has 0 saturated carbocycles. The molecule has 0 aliphatic heterocycles. The molecule has 0 bridgehead atoms. The first-order valence-corrected chi connectivity index (χ1v) is 4.01. The highest BCUT2D eigenvalue weighted by molar-refractivity contribution is 6.07. The van der Waals surface area contributed by atoms with Gasteiger partial charge in [0.15, 0.2) is 0 Å². The molecule has 67 valence electrons. The molecule has 0 fully saturated rings. The Hall–Kier alpha value is -2.10. The second-order valence-corrected chi connectivity index (χ2v) is 2.58. The Bertz CT molecular complexity index is 386. The van der Waals surface area contributed by atoms with Crippen LogP contribution in [-0.2, 0) is 0 Å². The summed E-state index contributed by atoms with van der Waals surface area (Å²) in [4.78, 5) is 23.1. The largest absolute Gasteiger partial charge is 0.287 e. The van der Waals surface area contributed by atoms with Crippen molar-refractivity contribution in [3.63, 3.8) is 0 Å². The van der Waals surface area contributed by atoms with Gasteiger partial charge in [0.25, 0.3) is 0 Å². The van der Waals surface area contributed by atoms with Crippen LogP contribution < -0.4 is 0 Å². The summed E-state index contributed by atoms with van der Waals surface area (Å²) < 4.78 is 0. The molecule has 2 aromatic rings. The molecule has 14 heavy (non-hydrogen) atoms. The molecule has 2 heterocycles. The summed E-state index contributed by atoms with van der Waals surface area (Å²) in [5, 5.41) is 0. The zero-order valence-electron chi connectivity index (χ0n) is 7.21. The van der Waals surface area contributed by atoms with Crippen molar-refractivity contribution < 1.29 is 4.79 Å². The lowest BCUT2D eigenvalue weighted by Crippen LogP contribution is -2.04. The van der Waals surface area contributed by atoms with Gasteiger partial charge in [-0.05, 0) is 12.1 Å². The monoisotopic (exact) mass is 184 g/mol. The predicted molar refractivity (Wildman–Crippen MR) is 48.5 cm³/mol. The third-order valence-electron chi connectivity index (χ3n) is 1.65. The van der Waals surface area contributed by atoms with Crippen LogP contribution in [0.4, 0.5) is 0 Å². The molecule has 2 rings (SSSR count). The summed E-state index contributed by atoms with van der Waals surface area (Å²) in [6.07, 6.45) is 8.58. The fourth-order valence-electron chi connectivity index (χ4n) is 1.01. The standard InChI is InChI=1S/C10H6N3O/c14-10(8-2-1-3-11-6-8)9-7-12-4-5-13-9/h1-5,7H. The van der Waals surface area contributed by atoms with E-state index in [4.69, 9.17) is 0 Å². The molecule has 0 spiro atoms. The van der Waals surface area contributed by atoms with E-state index in [9.17, 15) is 4.79 Å². The molecule has 4 heteroatoms. The van der Waals surface area contributed by atoms with E-state index in [1.807, 2.05) is 0 Å². The molecular formula is C10H6N3O. The lowest BCUT2D eigenvalue weighted by atomic mass is 10.1. The highest BCUT2D eigenvalue weighted by Crippen LogP contribution is 2.03. The van der Waals surface area contributed by atoms with Gasteiger partial charge >= 0.3 is 0 Å². The topological polar surface area (TPSA) is 55.7 Å². The summed E-state index contributed by atoms with van der Waals surface area (Å²) in [5.74, 6) is -0.216. The number of pyridine rings is 1. The predicted octanol–water partition coefficient (Wildman–Crippen LogP) is 0.903. The van der Waals surface area contributed by atoms with Crippen molar-refractivity contribution >= 4 is 5.78 Å². The Morgan fingerprint density at radius 3 is 2.86 bits per heavy atom. The Morgan fingerprint density at radius 2 is 2.21 bits per heavy atom. The molecule has 0 saturated heterocycles. The van der Waals surface area contributed by atoms with E-state index in [0.29, 0.717) is 11.3 Å². The van der Waals surface area contributed by atoms with Crippen LogP contribution in [0, 0.1) is 6.20 Å². The molecule has 0 unspecified atom stereocenters. The molecule has 0 aliphatic rings. The smallest absolute Gasteiger partial charge is 0.215 e. The summed E-state index contributed by atoms with van der Waals surface area (Å²) in [6.45, 7) is 0. The Morgan fingerprint density at radius 1 is 1.29 bits per heavy atom. The number of nitrogens with zero attached hydrogens (tertiary/aromatic N) is 3. The van der Waals surface area contributed by atoms with E-state index in [1.54, 1.807) is 18.3 Å². The van der Waals surface area contributed by atoms with Gasteiger partial charge in [-0.2, -0.15) is 0 Å². The van der Waals surface area contributed by atoms with Gasteiger partial charge in [0.2, 0.25) is 5.78 Å². The highest BCUT2D eigenvalue weighted by Gasteiger charge is 2.09. The Balaban J connectivity index is 2.35. The third kappa shape index (κ3) is 1.64. The average molecular weight is 184 g/mol. The van der Waals surface area contributed by atoms with Gasteiger partial charge in [-0.3, -0.25) is 14.8 Å². The molecule has 0 aliphatic carbocycles. The maximum Gasteiger partial charge on any atom is 0.215 e. The van der Waals surface area contributed by atoms with Crippen molar-refractivity contribution in [1.29, 1.82) is 0 Å². The van der Waals surface area contributed by atoms with Crippen LogP contribution in [0.2, 0.25) is 0 Å². The van der Waals surface area contributed by atoms with Gasteiger partial charge in [0.1, 0.15) is 11.9 Å². The van der Waals surface area contributed by atoms with E-state index in [2.05, 4.69) is 21.1 Å². The van der Waals surface area contributed by atoms with Gasteiger partial charge in [-0.25, -0.2) is 4.98 Å². The summed E-state index contributed by atoms with van der Waals surface area (Å²) >= 11 is 0. The van der Waals surface area contributed by atoms with Crippen LogP contribution in [0.5, 0.6) is 0 Å². The van der Waals surface area contributed by atoms with Crippen LogP contribution in [0.25, 0.3) is 0 Å². The number of hydrogen-bond donors (Lipinski definition) is 0. The molecule has 0 aromatic carbocycles. The van der Waals surface area contributed by atoms with Crippen LogP contribution in [0.15, 0.2) is 36.9 Å². The van der Waals surface area contributed by atoms with Crippen molar-refractivity contribution in [3.05, 3.63) is 54.4 Å². The van der Waals surface area contributed by atoms with Gasteiger partial charge in [0.05, 0.1) is 11.8 Å². The van der Waals surface area contributed by atoms with E-state index in [0.717, 1.165) is 0 Å². The fourth-order valence-corrected chi connectivity index (χ4v) is 1.01. The third-order valence-corrected chi connectivity index (χ3v) is 1.65. The van der Waals surface area contributed by atoms with Crippen LogP contribution in [-0.4, -0.2) is 20.7 Å². The van der Waals surface area contributed by atoms with E-state index >= 15 is 0 Å². The maximum atomic E-state index is 11.7. The minimum Gasteiger partial charge on any atom is -0.287 e. The molecular weight excluding hydrogens is 178 g/mol. The van der Waals surface area contributed by atoms with Crippen molar-refractivity contribution in [2.45, 2.75) is 0 Å². The second-order valence-electron chi connectivity index (χ2n) is 2.58. The fraction of sp³-hybridized carbons (Fsp3) is 0. The molecule has 0 amide bonds. The minimum absolute atomic E-state index is 0.216. The normalized spacial score (nSPS) is 9.71. The summed E-state index contributed by atoms with van der Waals surface area (Å²) in [6, 6.07) is 3.32. The van der Waals surface area contributed by atoms with E-state index < -0.39 is 0 Å². The first-order valence-electron chi connectivity index (χ1n) is 4.01. The molecule has 0 atom stereocenters. The highest BCUT2D eigenvalue weighted by atomic mass is 16.1. The second kappa shape index (κ2) is 3.74. The van der Waals surface area contributed by atoms with Crippen molar-refractivity contribution in [2.24, 2.45) is 0 Å². The zero-order chi connectivity index (χ0) is 9.80. The number of carbonyl (C=O) groups excluding carboxylic acids is 1. The van der Waals surface area contributed by atoms with Crippen molar-refractivity contribution in [1.82, 2.24) is 15.0 Å². The number of ketones is 1. The van der Waals surface area contributed by atoms with Gasteiger partial charge in [0, 0.05) is 18.6 Å². The molecule has 1 radical (unpaired) electrons. The first kappa shape index (κ1) is 8.50. The van der Waals surface area contributed by atoms with E-state index in [1.165, 1.54) is 18.6 Å². The van der Waals surface area contributed by atoms with E-state index in [-0.39, 0.29) is 5.78 Å². The SMILES string of the molecule is O=C(c1[c]nccc1)c1cnccn1. The number of aromatic nitrogens is 3. The van der Waals surface area contributed by atoms with Crippen LogP contribution in [0.3, 0.4) is 0 Å². The van der Waals surface area contributed by atoms with Crippen molar-refractivity contribution in [2.75, 3.05) is 0 Å². The van der Waals surface area contributed by atoms with Crippen LogP contribution in [0.1, 0.15) is 16.1 Å². The molecule has 4 nitrogen and oxygen atoms in total.